The Labute approximate surface area is 121 Å². The highest BCUT2D eigenvalue weighted by Gasteiger charge is 2.19. The number of amides is 1. The van der Waals surface area contributed by atoms with Gasteiger partial charge in [0, 0.05) is 17.3 Å². The Morgan fingerprint density at radius 1 is 1.29 bits per heavy atom. The minimum absolute atomic E-state index is 0.0534. The Balaban J connectivity index is 2.16. The minimum atomic E-state index is -1.08. The summed E-state index contributed by atoms with van der Waals surface area (Å²) >= 11 is 0. The number of aromatic amines is 1. The molecule has 110 valence electrons. The molecule has 0 fully saturated rings. The van der Waals surface area contributed by atoms with Crippen LogP contribution in [-0.4, -0.2) is 32.2 Å². The third-order valence-electron chi connectivity index (χ3n) is 2.87. The lowest BCUT2D eigenvalue weighted by atomic mass is 9.92. The first-order valence-corrected chi connectivity index (χ1v) is 6.34. The molecule has 0 bridgehead atoms. The summed E-state index contributed by atoms with van der Waals surface area (Å²) < 4.78 is 0. The Kier molecular flexibility index (Phi) is 3.75. The van der Waals surface area contributed by atoms with Gasteiger partial charge < -0.3 is 10.4 Å². The molecule has 0 aliphatic heterocycles. The number of rotatable bonds is 3. The number of H-pyrrole nitrogens is 1. The molecule has 21 heavy (non-hydrogen) atoms. The standard InChI is InChI=1S/C14H16N4O3/c1-14(2,3)10-7-9(17-18-10)12(19)16-11-6-8(13(20)21)4-5-15-11/h4-7H,1-3H3,(H,17,18)(H,20,21)(H,15,16,19). The third-order valence-corrected chi connectivity index (χ3v) is 2.87. The van der Waals surface area contributed by atoms with Gasteiger partial charge in [-0.05, 0) is 18.2 Å². The molecule has 1 amide bonds. The highest BCUT2D eigenvalue weighted by Crippen LogP contribution is 2.20. The molecular weight excluding hydrogens is 272 g/mol. The molecule has 3 N–H and O–H groups in total. The van der Waals surface area contributed by atoms with E-state index in [2.05, 4.69) is 20.5 Å². The molecule has 2 aromatic rings. The number of carbonyl (C=O) groups excluding carboxylic acids is 1. The number of hydrogen-bond donors (Lipinski definition) is 3. The molecule has 2 aromatic heterocycles. The van der Waals surface area contributed by atoms with E-state index in [9.17, 15) is 9.59 Å². The van der Waals surface area contributed by atoms with Crippen molar-refractivity contribution < 1.29 is 14.7 Å². The van der Waals surface area contributed by atoms with Crippen LogP contribution in [0.15, 0.2) is 24.4 Å². The van der Waals surface area contributed by atoms with Gasteiger partial charge in [0.25, 0.3) is 5.91 Å². The largest absolute Gasteiger partial charge is 0.478 e. The summed E-state index contributed by atoms with van der Waals surface area (Å²) in [6.45, 7) is 6.00. The number of hydrogen-bond acceptors (Lipinski definition) is 4. The molecule has 0 aliphatic rings. The van der Waals surface area contributed by atoms with Crippen molar-refractivity contribution in [2.75, 3.05) is 5.32 Å². The predicted octanol–water partition coefficient (Wildman–Crippen LogP) is 2.05. The minimum Gasteiger partial charge on any atom is -0.478 e. The maximum atomic E-state index is 12.1. The number of carboxylic acids is 1. The van der Waals surface area contributed by atoms with Gasteiger partial charge in [-0.1, -0.05) is 20.8 Å². The predicted molar refractivity (Wildman–Crippen MR) is 76.4 cm³/mol. The van der Waals surface area contributed by atoms with Crippen molar-refractivity contribution in [2.45, 2.75) is 26.2 Å². The molecule has 0 atom stereocenters. The van der Waals surface area contributed by atoms with Crippen molar-refractivity contribution in [3.8, 4) is 0 Å². The number of aromatic carboxylic acids is 1. The van der Waals surface area contributed by atoms with Crippen molar-refractivity contribution in [1.29, 1.82) is 0 Å². The summed E-state index contributed by atoms with van der Waals surface area (Å²) in [5.41, 5.74) is 0.965. The van der Waals surface area contributed by atoms with Crippen molar-refractivity contribution in [1.82, 2.24) is 15.2 Å². The monoisotopic (exact) mass is 288 g/mol. The van der Waals surface area contributed by atoms with E-state index in [0.29, 0.717) is 0 Å². The summed E-state index contributed by atoms with van der Waals surface area (Å²) in [4.78, 5) is 26.8. The maximum Gasteiger partial charge on any atom is 0.335 e. The normalized spacial score (nSPS) is 11.2. The lowest BCUT2D eigenvalue weighted by Crippen LogP contribution is -2.14. The van der Waals surface area contributed by atoms with Crippen LogP contribution in [0.25, 0.3) is 0 Å². The van der Waals surface area contributed by atoms with Crippen LogP contribution in [0.5, 0.6) is 0 Å². The second kappa shape index (κ2) is 5.35. The average Bonchev–Trinajstić information content (AvgIpc) is 2.88. The van der Waals surface area contributed by atoms with E-state index in [-0.39, 0.29) is 22.5 Å². The van der Waals surface area contributed by atoms with Gasteiger partial charge in [-0.3, -0.25) is 9.89 Å². The van der Waals surface area contributed by atoms with Crippen molar-refractivity contribution >= 4 is 17.7 Å². The van der Waals surface area contributed by atoms with Crippen LogP contribution >= 0.6 is 0 Å². The Hall–Kier alpha value is -2.70. The van der Waals surface area contributed by atoms with Crippen LogP contribution in [0, 0.1) is 0 Å². The van der Waals surface area contributed by atoms with E-state index in [4.69, 9.17) is 5.11 Å². The molecular formula is C14H16N4O3. The Morgan fingerprint density at radius 2 is 2.00 bits per heavy atom. The van der Waals surface area contributed by atoms with Crippen molar-refractivity contribution in [2.24, 2.45) is 0 Å². The van der Waals surface area contributed by atoms with Crippen LogP contribution in [0.4, 0.5) is 5.82 Å². The number of carboxylic acid groups (broad SMARTS) is 1. The fraction of sp³-hybridized carbons (Fsp3) is 0.286. The van der Waals surface area contributed by atoms with Gasteiger partial charge in [0.1, 0.15) is 5.82 Å². The summed E-state index contributed by atoms with van der Waals surface area (Å²) in [6, 6.07) is 4.30. The van der Waals surface area contributed by atoms with Crippen LogP contribution < -0.4 is 5.32 Å². The number of carbonyl (C=O) groups is 2. The Bertz CT molecular complexity index is 686. The van der Waals surface area contributed by atoms with E-state index in [1.54, 1.807) is 6.07 Å². The highest BCUT2D eigenvalue weighted by molar-refractivity contribution is 6.02. The molecule has 7 nitrogen and oxygen atoms in total. The first-order valence-electron chi connectivity index (χ1n) is 6.34. The number of anilines is 1. The molecule has 0 radical (unpaired) electrons. The van der Waals surface area contributed by atoms with Crippen molar-refractivity contribution in [3.05, 3.63) is 41.3 Å². The zero-order valence-electron chi connectivity index (χ0n) is 12.0. The van der Waals surface area contributed by atoms with E-state index in [1.165, 1.54) is 18.3 Å². The van der Waals surface area contributed by atoms with E-state index in [0.717, 1.165) is 5.69 Å². The molecule has 0 aromatic carbocycles. The molecule has 0 aliphatic carbocycles. The summed E-state index contributed by atoms with van der Waals surface area (Å²) in [7, 11) is 0. The molecule has 7 heteroatoms. The molecule has 0 saturated carbocycles. The quantitative estimate of drug-likeness (QED) is 0.801. The maximum absolute atomic E-state index is 12.1. The van der Waals surface area contributed by atoms with Crippen LogP contribution in [-0.2, 0) is 5.41 Å². The molecule has 0 saturated heterocycles. The smallest absolute Gasteiger partial charge is 0.335 e. The molecule has 2 rings (SSSR count). The van der Waals surface area contributed by atoms with E-state index < -0.39 is 11.9 Å². The van der Waals surface area contributed by atoms with Gasteiger partial charge in [0.05, 0.1) is 5.56 Å². The van der Waals surface area contributed by atoms with E-state index in [1.807, 2.05) is 20.8 Å². The number of pyridine rings is 1. The molecule has 0 unspecified atom stereocenters. The zero-order valence-corrected chi connectivity index (χ0v) is 12.0. The lowest BCUT2D eigenvalue weighted by Gasteiger charge is -2.14. The number of nitrogens with zero attached hydrogens (tertiary/aromatic N) is 2. The van der Waals surface area contributed by atoms with Gasteiger partial charge in [-0.25, -0.2) is 9.78 Å². The first kappa shape index (κ1) is 14.7. The number of aromatic nitrogens is 3. The third kappa shape index (κ3) is 3.44. The first-order chi connectivity index (χ1) is 9.77. The van der Waals surface area contributed by atoms with Gasteiger partial charge >= 0.3 is 5.97 Å². The van der Waals surface area contributed by atoms with Crippen LogP contribution in [0.2, 0.25) is 0 Å². The summed E-state index contributed by atoms with van der Waals surface area (Å²) in [5.74, 6) is -1.36. The van der Waals surface area contributed by atoms with Gasteiger partial charge in [-0.2, -0.15) is 5.10 Å². The zero-order chi connectivity index (χ0) is 15.6. The van der Waals surface area contributed by atoms with Crippen LogP contribution in [0.1, 0.15) is 47.3 Å². The van der Waals surface area contributed by atoms with Gasteiger partial charge in [0.2, 0.25) is 0 Å². The SMILES string of the molecule is CC(C)(C)c1cc(C(=O)Nc2cc(C(=O)O)ccn2)n[nH]1. The second-order valence-corrected chi connectivity index (χ2v) is 5.61. The number of nitrogens with one attached hydrogen (secondary N) is 2. The van der Waals surface area contributed by atoms with Gasteiger partial charge in [0.15, 0.2) is 5.69 Å². The van der Waals surface area contributed by atoms with E-state index >= 15 is 0 Å². The molecule has 2 heterocycles. The summed E-state index contributed by atoms with van der Waals surface area (Å²) in [5, 5.41) is 18.2. The highest BCUT2D eigenvalue weighted by atomic mass is 16.4. The fourth-order valence-corrected chi connectivity index (χ4v) is 1.63. The lowest BCUT2D eigenvalue weighted by molar-refractivity contribution is 0.0696. The summed E-state index contributed by atoms with van der Waals surface area (Å²) in [6.07, 6.45) is 1.32. The average molecular weight is 288 g/mol. The second-order valence-electron chi connectivity index (χ2n) is 5.61. The van der Waals surface area contributed by atoms with Crippen LogP contribution in [0.3, 0.4) is 0 Å². The molecule has 0 spiro atoms. The topological polar surface area (TPSA) is 108 Å². The van der Waals surface area contributed by atoms with Crippen molar-refractivity contribution in [3.63, 3.8) is 0 Å². The van der Waals surface area contributed by atoms with Gasteiger partial charge in [-0.15, -0.1) is 0 Å². The fourth-order valence-electron chi connectivity index (χ4n) is 1.63. The Morgan fingerprint density at radius 3 is 2.57 bits per heavy atom.